The molecule has 2 N–H and O–H groups in total. The first-order valence-corrected chi connectivity index (χ1v) is 7.51. The Morgan fingerprint density at radius 3 is 2.33 bits per heavy atom. The third kappa shape index (κ3) is 4.57. The van der Waals surface area contributed by atoms with Gasteiger partial charge in [0.25, 0.3) is 0 Å². The van der Waals surface area contributed by atoms with Gasteiger partial charge in [0.1, 0.15) is 5.82 Å². The van der Waals surface area contributed by atoms with E-state index in [-0.39, 0.29) is 19.3 Å². The summed E-state index contributed by atoms with van der Waals surface area (Å²) in [7, 11) is 0. The van der Waals surface area contributed by atoms with Crippen molar-refractivity contribution in [2.24, 2.45) is 0 Å². The zero-order valence-electron chi connectivity index (χ0n) is 11.6. The van der Waals surface area contributed by atoms with Crippen LogP contribution in [0.1, 0.15) is 17.4 Å². The number of rotatable bonds is 7. The van der Waals surface area contributed by atoms with Crippen molar-refractivity contribution >= 4 is 15.9 Å². The first-order valence-electron chi connectivity index (χ1n) is 6.71. The molecule has 0 aliphatic carbocycles. The van der Waals surface area contributed by atoms with Crippen molar-refractivity contribution in [2.75, 3.05) is 19.8 Å². The van der Waals surface area contributed by atoms with Gasteiger partial charge in [-0.1, -0.05) is 30.3 Å². The van der Waals surface area contributed by atoms with Gasteiger partial charge in [0.2, 0.25) is 0 Å². The number of hydrogen-bond donors (Lipinski definition) is 2. The molecule has 5 nitrogen and oxygen atoms in total. The first kappa shape index (κ1) is 16.0. The molecule has 0 radical (unpaired) electrons. The summed E-state index contributed by atoms with van der Waals surface area (Å²) < 4.78 is 0.791. The Kier molecular flexibility index (Phi) is 6.25. The highest BCUT2D eigenvalue weighted by atomic mass is 79.9. The molecule has 0 amide bonds. The van der Waals surface area contributed by atoms with E-state index in [4.69, 9.17) is 0 Å². The summed E-state index contributed by atoms with van der Waals surface area (Å²) in [6.45, 7) is 0.972. The van der Waals surface area contributed by atoms with Crippen molar-refractivity contribution < 1.29 is 10.2 Å². The van der Waals surface area contributed by atoms with Crippen molar-refractivity contribution in [2.45, 2.75) is 12.6 Å². The maximum Gasteiger partial charge on any atom is 0.147 e. The van der Waals surface area contributed by atoms with Crippen molar-refractivity contribution in [1.82, 2.24) is 14.9 Å². The number of nitrogens with zero attached hydrogens (tertiary/aromatic N) is 3. The van der Waals surface area contributed by atoms with E-state index in [2.05, 4.69) is 25.9 Å². The quantitative estimate of drug-likeness (QED) is 0.795. The maximum absolute atomic E-state index is 9.71. The number of aromatic nitrogens is 2. The van der Waals surface area contributed by atoms with E-state index >= 15 is 0 Å². The summed E-state index contributed by atoms with van der Waals surface area (Å²) in [5.74, 6) is 0.546. The van der Waals surface area contributed by atoms with Crippen LogP contribution < -0.4 is 0 Å². The van der Waals surface area contributed by atoms with Gasteiger partial charge in [-0.25, -0.2) is 9.97 Å². The van der Waals surface area contributed by atoms with Crippen LogP contribution in [0.25, 0.3) is 0 Å². The Balaban J connectivity index is 2.19. The van der Waals surface area contributed by atoms with Gasteiger partial charge in [-0.15, -0.1) is 0 Å². The highest BCUT2D eigenvalue weighted by Crippen LogP contribution is 2.20. The summed E-state index contributed by atoms with van der Waals surface area (Å²) in [5, 5.41) is 19.0. The standard InChI is InChI=1S/C15H18BrN3O2/c16-13-8-17-15(18-9-13)14(11-21)19(6-7-20)10-12-4-2-1-3-5-12/h1-5,8-9,14,20-21H,6-7,10-11H2/t14-/m1/s1. The van der Waals surface area contributed by atoms with Crippen LogP contribution in [0.15, 0.2) is 47.2 Å². The number of hydrogen-bond acceptors (Lipinski definition) is 5. The van der Waals surface area contributed by atoms with Gasteiger partial charge >= 0.3 is 0 Å². The monoisotopic (exact) mass is 351 g/mol. The van der Waals surface area contributed by atoms with Crippen molar-refractivity contribution in [3.05, 3.63) is 58.6 Å². The van der Waals surface area contributed by atoms with Crippen LogP contribution in [0.4, 0.5) is 0 Å². The third-order valence-corrected chi connectivity index (χ3v) is 3.58. The van der Waals surface area contributed by atoms with Gasteiger partial charge in [0.15, 0.2) is 0 Å². The highest BCUT2D eigenvalue weighted by molar-refractivity contribution is 9.10. The zero-order chi connectivity index (χ0) is 15.1. The van der Waals surface area contributed by atoms with Crippen LogP contribution >= 0.6 is 15.9 Å². The molecule has 1 atom stereocenters. The molecular weight excluding hydrogens is 334 g/mol. The van der Waals surface area contributed by atoms with Crippen molar-refractivity contribution in [3.63, 3.8) is 0 Å². The summed E-state index contributed by atoms with van der Waals surface area (Å²) in [4.78, 5) is 10.5. The van der Waals surface area contributed by atoms with Crippen molar-refractivity contribution in [1.29, 1.82) is 0 Å². The Morgan fingerprint density at radius 2 is 1.76 bits per heavy atom. The minimum atomic E-state index is -0.342. The smallest absolute Gasteiger partial charge is 0.147 e. The lowest BCUT2D eigenvalue weighted by atomic mass is 10.1. The molecule has 21 heavy (non-hydrogen) atoms. The van der Waals surface area contributed by atoms with E-state index in [1.807, 2.05) is 35.2 Å². The molecule has 6 heteroatoms. The SMILES string of the molecule is OCCN(Cc1ccccc1)[C@H](CO)c1ncc(Br)cn1. The first-order chi connectivity index (χ1) is 10.2. The number of benzene rings is 1. The van der Waals surface area contributed by atoms with Gasteiger partial charge in [0, 0.05) is 25.5 Å². The lowest BCUT2D eigenvalue weighted by Gasteiger charge is -2.28. The lowest BCUT2D eigenvalue weighted by molar-refractivity contribution is 0.0904. The second-order valence-corrected chi connectivity index (χ2v) is 5.55. The van der Waals surface area contributed by atoms with Gasteiger partial charge in [-0.2, -0.15) is 0 Å². The van der Waals surface area contributed by atoms with Gasteiger partial charge in [0.05, 0.1) is 23.7 Å². The molecule has 112 valence electrons. The Bertz CT molecular complexity index is 536. The number of aliphatic hydroxyl groups is 2. The van der Waals surface area contributed by atoms with Gasteiger partial charge in [-0.3, -0.25) is 4.90 Å². The van der Waals surface area contributed by atoms with Crippen LogP contribution in [0.2, 0.25) is 0 Å². The normalized spacial score (nSPS) is 12.6. The summed E-state index contributed by atoms with van der Waals surface area (Å²) in [6.07, 6.45) is 3.31. The van der Waals surface area contributed by atoms with E-state index < -0.39 is 0 Å². The highest BCUT2D eigenvalue weighted by Gasteiger charge is 2.22. The number of aliphatic hydroxyl groups excluding tert-OH is 2. The molecule has 2 aromatic rings. The average Bonchev–Trinajstić information content (AvgIpc) is 2.51. The fourth-order valence-corrected chi connectivity index (χ4v) is 2.35. The minimum Gasteiger partial charge on any atom is -0.395 e. The van der Waals surface area contributed by atoms with Gasteiger partial charge < -0.3 is 10.2 Å². The molecule has 0 spiro atoms. The van der Waals surface area contributed by atoms with Crippen LogP contribution in [0.5, 0.6) is 0 Å². The fraction of sp³-hybridized carbons (Fsp3) is 0.333. The molecule has 2 rings (SSSR count). The molecule has 0 unspecified atom stereocenters. The summed E-state index contributed by atoms with van der Waals surface area (Å²) >= 11 is 3.30. The van der Waals surface area contributed by atoms with Crippen LogP contribution in [-0.2, 0) is 6.54 Å². The summed E-state index contributed by atoms with van der Waals surface area (Å²) in [6, 6.07) is 9.59. The van der Waals surface area contributed by atoms with E-state index in [0.717, 1.165) is 10.0 Å². The molecule has 0 saturated carbocycles. The van der Waals surface area contributed by atoms with Crippen molar-refractivity contribution in [3.8, 4) is 0 Å². The Labute approximate surface area is 132 Å². The Morgan fingerprint density at radius 1 is 1.10 bits per heavy atom. The average molecular weight is 352 g/mol. The Hall–Kier alpha value is -1.34. The van der Waals surface area contributed by atoms with Crippen LogP contribution in [0.3, 0.4) is 0 Å². The number of halogens is 1. The molecule has 0 aliphatic rings. The topological polar surface area (TPSA) is 69.5 Å². The van der Waals surface area contributed by atoms with Crippen LogP contribution in [0, 0.1) is 0 Å². The van der Waals surface area contributed by atoms with Gasteiger partial charge in [-0.05, 0) is 21.5 Å². The largest absolute Gasteiger partial charge is 0.395 e. The molecular formula is C15H18BrN3O2. The molecule has 0 bridgehead atoms. The zero-order valence-corrected chi connectivity index (χ0v) is 13.1. The molecule has 0 fully saturated rings. The molecule has 1 aromatic heterocycles. The lowest BCUT2D eigenvalue weighted by Crippen LogP contribution is -2.34. The van der Waals surface area contributed by atoms with E-state index in [1.165, 1.54) is 0 Å². The van der Waals surface area contributed by atoms with E-state index in [0.29, 0.717) is 18.9 Å². The predicted molar refractivity (Wildman–Crippen MR) is 83.5 cm³/mol. The van der Waals surface area contributed by atoms with E-state index in [9.17, 15) is 10.2 Å². The third-order valence-electron chi connectivity index (χ3n) is 3.17. The second kappa shape index (κ2) is 8.19. The molecule has 1 aromatic carbocycles. The van der Waals surface area contributed by atoms with E-state index in [1.54, 1.807) is 12.4 Å². The minimum absolute atomic E-state index is 0.0138. The maximum atomic E-state index is 9.71. The molecule has 0 saturated heterocycles. The summed E-state index contributed by atoms with van der Waals surface area (Å²) in [5.41, 5.74) is 1.11. The fourth-order valence-electron chi connectivity index (χ4n) is 2.15. The molecule has 0 aliphatic heterocycles. The second-order valence-electron chi connectivity index (χ2n) is 4.64. The molecule has 1 heterocycles. The van der Waals surface area contributed by atoms with Crippen LogP contribution in [-0.4, -0.2) is 44.8 Å². The predicted octanol–water partition coefficient (Wildman–Crippen LogP) is 1.77.